The maximum atomic E-state index is 9.63. The largest absolute Gasteiger partial charge is 0.506 e. The highest BCUT2D eigenvalue weighted by atomic mass is 35.5. The molecule has 0 atom stereocenters. The Kier molecular flexibility index (Phi) is 4.10. The highest BCUT2D eigenvalue weighted by Crippen LogP contribution is 2.40. The van der Waals surface area contributed by atoms with Gasteiger partial charge in [-0.1, -0.05) is 54.7 Å². The molecule has 0 aliphatic rings. The van der Waals surface area contributed by atoms with Crippen molar-refractivity contribution >= 4 is 34.8 Å². The van der Waals surface area contributed by atoms with Crippen molar-refractivity contribution in [3.05, 3.63) is 56.5 Å². The molecule has 0 bridgehead atoms. The molecule has 2 aromatic rings. The minimum Gasteiger partial charge on any atom is -0.506 e. The van der Waals surface area contributed by atoms with Crippen LogP contribution >= 0.6 is 34.8 Å². The minimum absolute atomic E-state index is 0.0352. The number of rotatable bonds is 2. The van der Waals surface area contributed by atoms with Gasteiger partial charge in [0.05, 0.1) is 15.1 Å². The van der Waals surface area contributed by atoms with E-state index in [1.807, 2.05) is 13.8 Å². The van der Waals surface area contributed by atoms with Gasteiger partial charge >= 0.3 is 0 Å². The number of phenols is 2. The Balaban J connectivity index is 2.56. The highest BCUT2D eigenvalue weighted by molar-refractivity contribution is 6.37. The van der Waals surface area contributed by atoms with Gasteiger partial charge in [-0.25, -0.2) is 0 Å². The molecule has 0 aliphatic carbocycles. The number of hydrogen-bond donors (Lipinski definition) is 2. The zero-order chi connectivity index (χ0) is 15.1. The second-order valence-electron chi connectivity index (χ2n) is 5.08. The molecular weight excluding hydrogens is 319 g/mol. The topological polar surface area (TPSA) is 40.5 Å². The number of phenolic OH excluding ortho intramolecular Hbond substituents is 2. The van der Waals surface area contributed by atoms with E-state index >= 15 is 0 Å². The van der Waals surface area contributed by atoms with Crippen LogP contribution in [-0.4, -0.2) is 10.2 Å². The Morgan fingerprint density at radius 2 is 1.30 bits per heavy atom. The first kappa shape index (κ1) is 15.3. The maximum absolute atomic E-state index is 9.63. The average molecular weight is 332 g/mol. The lowest BCUT2D eigenvalue weighted by Crippen LogP contribution is -2.18. The van der Waals surface area contributed by atoms with Crippen LogP contribution < -0.4 is 0 Å². The smallest absolute Gasteiger partial charge is 0.152 e. The third-order valence-corrected chi connectivity index (χ3v) is 4.29. The lowest BCUT2D eigenvalue weighted by atomic mass is 9.78. The molecule has 2 rings (SSSR count). The fourth-order valence-electron chi connectivity index (χ4n) is 1.99. The number of halogens is 3. The molecule has 0 radical (unpaired) electrons. The van der Waals surface area contributed by atoms with Crippen molar-refractivity contribution in [1.29, 1.82) is 0 Å². The lowest BCUT2D eigenvalue weighted by Gasteiger charge is -2.27. The second-order valence-corrected chi connectivity index (χ2v) is 6.30. The van der Waals surface area contributed by atoms with Crippen LogP contribution in [0.2, 0.25) is 15.1 Å². The standard InChI is InChI=1S/C15H13Cl3O2/c1-15(2,8-3-4-13(19)10(16)5-8)9-6-11(17)14(20)12(18)7-9/h3-7,19-20H,1-2H3. The summed E-state index contributed by atoms with van der Waals surface area (Å²) in [5.74, 6) is -0.0930. The predicted octanol–water partition coefficient (Wildman–Crippen LogP) is 5.38. The molecule has 0 fully saturated rings. The second kappa shape index (κ2) is 5.36. The lowest BCUT2D eigenvalue weighted by molar-refractivity contribution is 0.474. The van der Waals surface area contributed by atoms with Gasteiger partial charge in [0.25, 0.3) is 0 Å². The van der Waals surface area contributed by atoms with Gasteiger partial charge in [0.2, 0.25) is 0 Å². The van der Waals surface area contributed by atoms with E-state index in [0.29, 0.717) is 0 Å². The van der Waals surface area contributed by atoms with E-state index < -0.39 is 5.41 Å². The average Bonchev–Trinajstić information content (AvgIpc) is 2.38. The van der Waals surface area contributed by atoms with Crippen molar-refractivity contribution in [2.24, 2.45) is 0 Å². The molecule has 0 aromatic heterocycles. The summed E-state index contributed by atoms with van der Waals surface area (Å²) in [4.78, 5) is 0. The molecule has 0 spiro atoms. The Morgan fingerprint density at radius 1 is 0.800 bits per heavy atom. The van der Waals surface area contributed by atoms with Crippen molar-refractivity contribution < 1.29 is 10.2 Å². The zero-order valence-corrected chi connectivity index (χ0v) is 13.2. The fourth-order valence-corrected chi connectivity index (χ4v) is 2.66. The molecule has 0 heterocycles. The van der Waals surface area contributed by atoms with Crippen molar-refractivity contribution in [1.82, 2.24) is 0 Å². The summed E-state index contributed by atoms with van der Waals surface area (Å²) in [5, 5.41) is 19.8. The van der Waals surface area contributed by atoms with Gasteiger partial charge in [-0.15, -0.1) is 0 Å². The first-order chi connectivity index (χ1) is 9.23. The highest BCUT2D eigenvalue weighted by Gasteiger charge is 2.25. The molecule has 106 valence electrons. The van der Waals surface area contributed by atoms with E-state index in [1.54, 1.807) is 30.3 Å². The van der Waals surface area contributed by atoms with Crippen LogP contribution in [0.5, 0.6) is 11.5 Å². The van der Waals surface area contributed by atoms with E-state index in [-0.39, 0.29) is 26.6 Å². The van der Waals surface area contributed by atoms with Gasteiger partial charge in [0, 0.05) is 5.41 Å². The van der Waals surface area contributed by atoms with Gasteiger partial charge in [-0.3, -0.25) is 0 Å². The van der Waals surface area contributed by atoms with E-state index in [0.717, 1.165) is 11.1 Å². The first-order valence-corrected chi connectivity index (χ1v) is 7.04. The van der Waals surface area contributed by atoms with Crippen molar-refractivity contribution in [2.75, 3.05) is 0 Å². The summed E-state index contributed by atoms with van der Waals surface area (Å²) < 4.78 is 0. The Bertz CT molecular complexity index is 643. The predicted molar refractivity (Wildman–Crippen MR) is 83.4 cm³/mol. The molecule has 2 N–H and O–H groups in total. The van der Waals surface area contributed by atoms with Crippen LogP contribution in [0.1, 0.15) is 25.0 Å². The third kappa shape index (κ3) is 2.69. The summed E-state index contributed by atoms with van der Waals surface area (Å²) in [5.41, 5.74) is 1.31. The van der Waals surface area contributed by atoms with Gasteiger partial charge in [0.15, 0.2) is 5.75 Å². The van der Waals surface area contributed by atoms with Gasteiger partial charge in [-0.05, 0) is 35.4 Å². The summed E-state index contributed by atoms with van der Waals surface area (Å²) in [6, 6.07) is 8.37. The molecule has 5 heteroatoms. The van der Waals surface area contributed by atoms with E-state index in [4.69, 9.17) is 34.8 Å². The van der Waals surface area contributed by atoms with Crippen molar-refractivity contribution in [2.45, 2.75) is 19.3 Å². The van der Waals surface area contributed by atoms with Gasteiger partial charge < -0.3 is 10.2 Å². The summed E-state index contributed by atoms with van der Waals surface area (Å²) >= 11 is 17.9. The van der Waals surface area contributed by atoms with Crippen molar-refractivity contribution in [3.63, 3.8) is 0 Å². The van der Waals surface area contributed by atoms with Crippen LogP contribution in [0, 0.1) is 0 Å². The zero-order valence-electron chi connectivity index (χ0n) is 10.9. The summed E-state index contributed by atoms with van der Waals surface area (Å²) in [6.07, 6.45) is 0. The van der Waals surface area contributed by atoms with E-state index in [2.05, 4.69) is 0 Å². The van der Waals surface area contributed by atoms with Gasteiger partial charge in [-0.2, -0.15) is 0 Å². The number of hydrogen-bond acceptors (Lipinski definition) is 2. The summed E-state index contributed by atoms with van der Waals surface area (Å²) in [6.45, 7) is 3.96. The van der Waals surface area contributed by atoms with Crippen LogP contribution in [0.25, 0.3) is 0 Å². The van der Waals surface area contributed by atoms with Crippen LogP contribution in [0.3, 0.4) is 0 Å². The summed E-state index contributed by atoms with van der Waals surface area (Å²) in [7, 11) is 0. The molecule has 2 aromatic carbocycles. The molecule has 0 saturated carbocycles. The molecule has 0 aliphatic heterocycles. The number of benzene rings is 2. The Morgan fingerprint density at radius 3 is 1.80 bits per heavy atom. The fraction of sp³-hybridized carbons (Fsp3) is 0.200. The number of aromatic hydroxyl groups is 2. The molecule has 0 unspecified atom stereocenters. The molecule has 0 saturated heterocycles. The van der Waals surface area contributed by atoms with Gasteiger partial charge in [0.1, 0.15) is 5.75 Å². The Hall–Kier alpha value is -1.09. The monoisotopic (exact) mass is 330 g/mol. The normalized spacial score (nSPS) is 11.7. The SMILES string of the molecule is CC(C)(c1ccc(O)c(Cl)c1)c1cc(Cl)c(O)c(Cl)c1. The molecule has 20 heavy (non-hydrogen) atoms. The van der Waals surface area contributed by atoms with E-state index in [9.17, 15) is 10.2 Å². The molecular formula is C15H13Cl3O2. The van der Waals surface area contributed by atoms with Crippen LogP contribution in [0.15, 0.2) is 30.3 Å². The molecule has 0 amide bonds. The Labute approximate surface area is 132 Å². The first-order valence-electron chi connectivity index (χ1n) is 5.91. The molecule has 2 nitrogen and oxygen atoms in total. The quantitative estimate of drug-likeness (QED) is 0.775. The van der Waals surface area contributed by atoms with Crippen LogP contribution in [0.4, 0.5) is 0 Å². The van der Waals surface area contributed by atoms with E-state index in [1.165, 1.54) is 0 Å². The third-order valence-electron chi connectivity index (χ3n) is 3.41. The van der Waals surface area contributed by atoms with Crippen molar-refractivity contribution in [3.8, 4) is 11.5 Å². The maximum Gasteiger partial charge on any atom is 0.152 e. The minimum atomic E-state index is -0.432. The van der Waals surface area contributed by atoms with Crippen LogP contribution in [-0.2, 0) is 5.41 Å².